The normalized spacial score (nSPS) is 11.9. The van der Waals surface area contributed by atoms with Crippen molar-refractivity contribution in [2.24, 2.45) is 0 Å². The molecule has 1 unspecified atom stereocenters. The van der Waals surface area contributed by atoms with E-state index in [9.17, 15) is 15.0 Å². The molecule has 0 saturated carbocycles. The molecule has 4 aromatic rings. The van der Waals surface area contributed by atoms with Crippen LogP contribution in [0.5, 0.6) is 11.5 Å². The fourth-order valence-corrected chi connectivity index (χ4v) is 3.89. The lowest BCUT2D eigenvalue weighted by Gasteiger charge is -2.22. The van der Waals surface area contributed by atoms with Gasteiger partial charge in [0.25, 0.3) is 0 Å². The molecule has 5 nitrogen and oxygen atoms in total. The number of nitrogens with zero attached hydrogens (tertiary/aromatic N) is 1. The zero-order valence-corrected chi connectivity index (χ0v) is 17.4. The third kappa shape index (κ3) is 4.47. The molecule has 0 aliphatic rings. The van der Waals surface area contributed by atoms with Crippen molar-refractivity contribution >= 4 is 28.4 Å². The number of phenolic OH excluding ortho intramolecular Hbond substituents is 2. The summed E-state index contributed by atoms with van der Waals surface area (Å²) in [5.41, 5.74) is 2.21. The zero-order valence-electron chi connectivity index (χ0n) is 16.6. The Morgan fingerprint density at radius 3 is 2.48 bits per heavy atom. The van der Waals surface area contributed by atoms with Gasteiger partial charge >= 0.3 is 0 Å². The second-order valence-corrected chi connectivity index (χ2v) is 7.65. The van der Waals surface area contributed by atoms with Gasteiger partial charge in [-0.1, -0.05) is 60.1 Å². The number of fused-ring (bicyclic) bond motifs is 1. The number of pyridine rings is 1. The number of hydrogen-bond donors (Lipinski definition) is 3. The predicted octanol–water partition coefficient (Wildman–Crippen LogP) is 5.14. The summed E-state index contributed by atoms with van der Waals surface area (Å²) in [7, 11) is 0. The Hall–Kier alpha value is -3.57. The van der Waals surface area contributed by atoms with Crippen molar-refractivity contribution in [3.8, 4) is 11.5 Å². The quantitative estimate of drug-likeness (QED) is 0.394. The Morgan fingerprint density at radius 1 is 0.968 bits per heavy atom. The summed E-state index contributed by atoms with van der Waals surface area (Å²) < 4.78 is 0. The molecule has 1 heterocycles. The van der Waals surface area contributed by atoms with Crippen molar-refractivity contribution in [1.29, 1.82) is 0 Å². The molecule has 3 aromatic carbocycles. The Morgan fingerprint density at radius 2 is 1.71 bits per heavy atom. The lowest BCUT2D eigenvalue weighted by molar-refractivity contribution is -0.121. The Labute approximate surface area is 185 Å². The van der Waals surface area contributed by atoms with Crippen LogP contribution in [0, 0.1) is 0 Å². The highest BCUT2D eigenvalue weighted by molar-refractivity contribution is 6.35. The van der Waals surface area contributed by atoms with Gasteiger partial charge in [-0.3, -0.25) is 9.78 Å². The number of nitrogens with one attached hydrogen (secondary N) is 1. The van der Waals surface area contributed by atoms with E-state index in [0.717, 1.165) is 5.56 Å². The highest BCUT2D eigenvalue weighted by Gasteiger charge is 2.25. The fourth-order valence-electron chi connectivity index (χ4n) is 3.62. The summed E-state index contributed by atoms with van der Waals surface area (Å²) >= 11 is 6.46. The van der Waals surface area contributed by atoms with Gasteiger partial charge in [-0.15, -0.1) is 0 Å². The van der Waals surface area contributed by atoms with Crippen LogP contribution in [0.15, 0.2) is 79.0 Å². The first-order valence-corrected chi connectivity index (χ1v) is 10.3. The minimum Gasteiger partial charge on any atom is -0.508 e. The van der Waals surface area contributed by atoms with E-state index in [1.54, 1.807) is 42.6 Å². The number of para-hydroxylation sites is 1. The molecular formula is C25H21ClN2O3. The maximum atomic E-state index is 12.8. The summed E-state index contributed by atoms with van der Waals surface area (Å²) in [6.07, 6.45) is 2.40. The van der Waals surface area contributed by atoms with Gasteiger partial charge in [0.1, 0.15) is 17.0 Å². The van der Waals surface area contributed by atoms with Crippen molar-refractivity contribution in [2.45, 2.75) is 18.9 Å². The van der Waals surface area contributed by atoms with E-state index in [2.05, 4.69) is 10.3 Å². The average molecular weight is 433 g/mol. The van der Waals surface area contributed by atoms with Crippen LogP contribution < -0.4 is 5.32 Å². The summed E-state index contributed by atoms with van der Waals surface area (Å²) in [6, 6.07) is 20.7. The lowest BCUT2D eigenvalue weighted by Crippen LogP contribution is -2.29. The number of carbonyl (C=O) groups excluding carboxylic acids is 1. The van der Waals surface area contributed by atoms with Crippen molar-refractivity contribution in [3.05, 3.63) is 101 Å². The van der Waals surface area contributed by atoms with E-state index in [0.29, 0.717) is 33.5 Å². The number of rotatable bonds is 6. The smallest absolute Gasteiger partial charge is 0.221 e. The molecule has 6 heteroatoms. The Kier molecular flexibility index (Phi) is 6.05. The van der Waals surface area contributed by atoms with Crippen molar-refractivity contribution in [2.75, 3.05) is 0 Å². The number of aryl methyl sites for hydroxylation is 1. The number of phenols is 2. The molecule has 0 saturated heterocycles. The monoisotopic (exact) mass is 432 g/mol. The van der Waals surface area contributed by atoms with Crippen molar-refractivity contribution < 1.29 is 15.0 Å². The van der Waals surface area contributed by atoms with Gasteiger partial charge < -0.3 is 15.5 Å². The van der Waals surface area contributed by atoms with Crippen LogP contribution in [0.4, 0.5) is 0 Å². The Bertz CT molecular complexity index is 1230. The second kappa shape index (κ2) is 9.06. The molecule has 0 aliphatic heterocycles. The molecule has 0 aliphatic carbocycles. The van der Waals surface area contributed by atoms with Crippen LogP contribution in [0.2, 0.25) is 5.02 Å². The summed E-state index contributed by atoms with van der Waals surface area (Å²) in [6.45, 7) is 0. The zero-order chi connectivity index (χ0) is 21.8. The second-order valence-electron chi connectivity index (χ2n) is 7.24. The summed E-state index contributed by atoms with van der Waals surface area (Å²) in [4.78, 5) is 17.1. The maximum absolute atomic E-state index is 12.8. The van der Waals surface area contributed by atoms with E-state index in [1.807, 2.05) is 30.3 Å². The standard InChI is InChI=1S/C25H21ClN2O3/c26-20-15-19(25(31)24-17(20)10-6-14-27-24)23(18-9-4-5-11-21(18)29)28-22(30)13-12-16-7-2-1-3-8-16/h1-11,14-15,23,29,31H,12-13H2,(H,28,30). The first-order valence-electron chi connectivity index (χ1n) is 9.92. The number of halogens is 1. The molecule has 3 N–H and O–H groups in total. The minimum absolute atomic E-state index is 0.00694. The maximum Gasteiger partial charge on any atom is 0.221 e. The molecule has 1 atom stereocenters. The van der Waals surface area contributed by atoms with E-state index < -0.39 is 6.04 Å². The van der Waals surface area contributed by atoms with Crippen LogP contribution in [0.3, 0.4) is 0 Å². The van der Waals surface area contributed by atoms with E-state index in [4.69, 9.17) is 11.6 Å². The molecular weight excluding hydrogens is 412 g/mol. The molecule has 1 amide bonds. The topological polar surface area (TPSA) is 82.5 Å². The SMILES string of the molecule is O=C(CCc1ccccc1)NC(c1ccccc1O)c1cc(Cl)c2cccnc2c1O. The van der Waals surface area contributed by atoms with Crippen molar-refractivity contribution in [3.63, 3.8) is 0 Å². The molecule has 1 aromatic heterocycles. The highest BCUT2D eigenvalue weighted by Crippen LogP contribution is 2.40. The Balaban J connectivity index is 1.71. The van der Waals surface area contributed by atoms with E-state index in [-0.39, 0.29) is 23.8 Å². The van der Waals surface area contributed by atoms with Crippen LogP contribution in [0.1, 0.15) is 29.2 Å². The average Bonchev–Trinajstić information content (AvgIpc) is 2.80. The third-order valence-corrected chi connectivity index (χ3v) is 5.51. The summed E-state index contributed by atoms with van der Waals surface area (Å²) in [5, 5.41) is 25.4. The van der Waals surface area contributed by atoms with Gasteiger partial charge in [0.15, 0.2) is 0 Å². The summed E-state index contributed by atoms with van der Waals surface area (Å²) in [5.74, 6) is -0.294. The molecule has 0 radical (unpaired) electrons. The van der Waals surface area contributed by atoms with Crippen LogP contribution in [-0.4, -0.2) is 21.1 Å². The highest BCUT2D eigenvalue weighted by atomic mass is 35.5. The lowest BCUT2D eigenvalue weighted by atomic mass is 9.95. The molecule has 156 valence electrons. The first kappa shape index (κ1) is 20.7. The number of aromatic nitrogens is 1. The van der Waals surface area contributed by atoms with Gasteiger partial charge in [0.2, 0.25) is 5.91 Å². The predicted molar refractivity (Wildman–Crippen MR) is 121 cm³/mol. The van der Waals surface area contributed by atoms with Crippen LogP contribution >= 0.6 is 11.6 Å². The van der Waals surface area contributed by atoms with Crippen LogP contribution in [-0.2, 0) is 11.2 Å². The molecule has 0 bridgehead atoms. The number of amides is 1. The molecule has 0 spiro atoms. The third-order valence-electron chi connectivity index (χ3n) is 5.19. The van der Waals surface area contributed by atoms with Gasteiger partial charge in [-0.05, 0) is 36.2 Å². The largest absolute Gasteiger partial charge is 0.508 e. The number of carbonyl (C=O) groups is 1. The molecule has 4 rings (SSSR count). The van der Waals surface area contributed by atoms with Crippen LogP contribution in [0.25, 0.3) is 10.9 Å². The van der Waals surface area contributed by atoms with Gasteiger partial charge in [-0.2, -0.15) is 0 Å². The minimum atomic E-state index is -0.798. The van der Waals surface area contributed by atoms with Gasteiger partial charge in [0, 0.05) is 29.1 Å². The number of aromatic hydroxyl groups is 2. The molecule has 0 fully saturated rings. The molecule has 31 heavy (non-hydrogen) atoms. The fraction of sp³-hybridized carbons (Fsp3) is 0.120. The number of benzene rings is 3. The van der Waals surface area contributed by atoms with E-state index >= 15 is 0 Å². The first-order chi connectivity index (χ1) is 15.0. The van der Waals surface area contributed by atoms with Gasteiger partial charge in [-0.25, -0.2) is 0 Å². The van der Waals surface area contributed by atoms with Gasteiger partial charge in [0.05, 0.1) is 11.1 Å². The van der Waals surface area contributed by atoms with E-state index in [1.165, 1.54) is 6.07 Å². The number of hydrogen-bond acceptors (Lipinski definition) is 4. The van der Waals surface area contributed by atoms with Crippen molar-refractivity contribution in [1.82, 2.24) is 10.3 Å².